The van der Waals surface area contributed by atoms with E-state index < -0.39 is 0 Å². The van der Waals surface area contributed by atoms with Crippen LogP contribution in [-0.4, -0.2) is 12.5 Å². The highest BCUT2D eigenvalue weighted by atomic mass is 16.3. The first-order chi connectivity index (χ1) is 10.3. The molecule has 0 saturated heterocycles. The molecule has 2 aromatic rings. The first-order valence-electron chi connectivity index (χ1n) is 7.44. The van der Waals surface area contributed by atoms with Gasteiger partial charge in [0.2, 0.25) is 0 Å². The molecule has 1 amide bonds. The highest BCUT2D eigenvalue weighted by molar-refractivity contribution is 5.96. The zero-order valence-corrected chi connectivity index (χ0v) is 12.0. The number of nitrogens with two attached hydrogens (primary N) is 1. The average molecular weight is 284 g/mol. The van der Waals surface area contributed by atoms with E-state index in [0.29, 0.717) is 13.0 Å². The molecule has 4 nitrogen and oxygen atoms in total. The second-order valence-electron chi connectivity index (χ2n) is 5.41. The maximum atomic E-state index is 12.6. The summed E-state index contributed by atoms with van der Waals surface area (Å²) < 4.78 is 5.47. The molecule has 0 fully saturated rings. The van der Waals surface area contributed by atoms with Gasteiger partial charge in [-0.05, 0) is 43.5 Å². The maximum Gasteiger partial charge on any atom is 0.252 e. The molecule has 0 aliphatic heterocycles. The average Bonchev–Trinajstić information content (AvgIpc) is 2.98. The van der Waals surface area contributed by atoms with Gasteiger partial charge < -0.3 is 15.5 Å². The lowest BCUT2D eigenvalue weighted by Crippen LogP contribution is -2.31. The Kier molecular flexibility index (Phi) is 4.06. The van der Waals surface area contributed by atoms with Crippen molar-refractivity contribution in [2.24, 2.45) is 5.73 Å². The topological polar surface area (TPSA) is 68.3 Å². The smallest absolute Gasteiger partial charge is 0.252 e. The molecule has 1 aliphatic rings. The number of furan rings is 1. The van der Waals surface area contributed by atoms with Crippen LogP contribution in [0.25, 0.3) is 0 Å². The summed E-state index contributed by atoms with van der Waals surface area (Å²) >= 11 is 0. The van der Waals surface area contributed by atoms with Gasteiger partial charge in [-0.15, -0.1) is 0 Å². The standard InChI is InChI=1S/C17H20N2O2/c18-10-8-12-4-1-2-5-13(12)17(20)19-15-6-3-7-16-14(15)9-11-21-16/h1-2,4-5,9,11,15H,3,6-8,10,18H2,(H,19,20). The van der Waals surface area contributed by atoms with Crippen molar-refractivity contribution in [3.8, 4) is 0 Å². The Bertz CT molecular complexity index is 633. The Balaban J connectivity index is 1.79. The zero-order valence-electron chi connectivity index (χ0n) is 12.0. The molecule has 0 bridgehead atoms. The first kappa shape index (κ1) is 13.9. The number of hydrogen-bond acceptors (Lipinski definition) is 3. The largest absolute Gasteiger partial charge is 0.469 e. The third-order valence-electron chi connectivity index (χ3n) is 4.03. The van der Waals surface area contributed by atoms with Crippen LogP contribution in [0, 0.1) is 0 Å². The van der Waals surface area contributed by atoms with Gasteiger partial charge in [0.15, 0.2) is 0 Å². The Hall–Kier alpha value is -2.07. The van der Waals surface area contributed by atoms with Gasteiger partial charge in [-0.25, -0.2) is 0 Å². The Morgan fingerprint density at radius 2 is 2.19 bits per heavy atom. The molecule has 4 heteroatoms. The van der Waals surface area contributed by atoms with Crippen molar-refractivity contribution in [3.05, 3.63) is 59.0 Å². The van der Waals surface area contributed by atoms with E-state index in [2.05, 4.69) is 5.32 Å². The summed E-state index contributed by atoms with van der Waals surface area (Å²) in [6.07, 6.45) is 5.37. The van der Waals surface area contributed by atoms with E-state index in [4.69, 9.17) is 10.2 Å². The molecule has 1 aliphatic carbocycles. The third kappa shape index (κ3) is 2.85. The summed E-state index contributed by atoms with van der Waals surface area (Å²) in [4.78, 5) is 12.6. The van der Waals surface area contributed by atoms with Crippen LogP contribution < -0.4 is 11.1 Å². The fourth-order valence-corrected chi connectivity index (χ4v) is 2.99. The molecule has 0 saturated carbocycles. The molecule has 3 rings (SSSR count). The van der Waals surface area contributed by atoms with Crippen LogP contribution in [0.2, 0.25) is 0 Å². The van der Waals surface area contributed by atoms with Gasteiger partial charge in [0.25, 0.3) is 5.91 Å². The lowest BCUT2D eigenvalue weighted by atomic mass is 9.93. The molecule has 1 heterocycles. The van der Waals surface area contributed by atoms with Crippen LogP contribution in [0.4, 0.5) is 0 Å². The summed E-state index contributed by atoms with van der Waals surface area (Å²) in [6, 6.07) is 9.66. The van der Waals surface area contributed by atoms with Crippen molar-refractivity contribution in [1.82, 2.24) is 5.32 Å². The van der Waals surface area contributed by atoms with Crippen LogP contribution in [0.3, 0.4) is 0 Å². The van der Waals surface area contributed by atoms with Gasteiger partial charge in [0, 0.05) is 17.5 Å². The number of aryl methyl sites for hydroxylation is 1. The van der Waals surface area contributed by atoms with Gasteiger partial charge in [-0.3, -0.25) is 4.79 Å². The van der Waals surface area contributed by atoms with E-state index in [0.717, 1.165) is 41.7 Å². The van der Waals surface area contributed by atoms with E-state index in [-0.39, 0.29) is 11.9 Å². The summed E-state index contributed by atoms with van der Waals surface area (Å²) in [7, 11) is 0. The van der Waals surface area contributed by atoms with Crippen molar-refractivity contribution in [2.75, 3.05) is 6.54 Å². The normalized spacial score (nSPS) is 17.3. The van der Waals surface area contributed by atoms with Crippen molar-refractivity contribution < 1.29 is 9.21 Å². The number of fused-ring (bicyclic) bond motifs is 1. The molecule has 0 radical (unpaired) electrons. The van der Waals surface area contributed by atoms with E-state index in [9.17, 15) is 4.79 Å². The molecule has 0 spiro atoms. The van der Waals surface area contributed by atoms with Gasteiger partial charge >= 0.3 is 0 Å². The minimum atomic E-state index is -0.0295. The summed E-state index contributed by atoms with van der Waals surface area (Å²) in [5.74, 6) is 0.972. The number of amides is 1. The number of benzene rings is 1. The monoisotopic (exact) mass is 284 g/mol. The van der Waals surface area contributed by atoms with Crippen LogP contribution in [-0.2, 0) is 12.8 Å². The quantitative estimate of drug-likeness (QED) is 0.906. The molecular formula is C17H20N2O2. The predicted molar refractivity (Wildman–Crippen MR) is 81.1 cm³/mol. The van der Waals surface area contributed by atoms with E-state index >= 15 is 0 Å². The number of rotatable bonds is 4. The highest BCUT2D eigenvalue weighted by Gasteiger charge is 2.24. The van der Waals surface area contributed by atoms with Crippen molar-refractivity contribution >= 4 is 5.91 Å². The van der Waals surface area contributed by atoms with Gasteiger partial charge in [0.1, 0.15) is 5.76 Å². The molecule has 1 aromatic carbocycles. The second-order valence-corrected chi connectivity index (χ2v) is 5.41. The number of carbonyl (C=O) groups excluding carboxylic acids is 1. The van der Waals surface area contributed by atoms with Gasteiger partial charge in [-0.1, -0.05) is 18.2 Å². The summed E-state index contributed by atoms with van der Waals surface area (Å²) in [5.41, 5.74) is 8.46. The molecule has 110 valence electrons. The van der Waals surface area contributed by atoms with Crippen LogP contribution in [0.5, 0.6) is 0 Å². The first-order valence-corrected chi connectivity index (χ1v) is 7.44. The third-order valence-corrected chi connectivity index (χ3v) is 4.03. The minimum Gasteiger partial charge on any atom is -0.469 e. The lowest BCUT2D eigenvalue weighted by Gasteiger charge is -2.23. The molecule has 1 unspecified atom stereocenters. The number of hydrogen-bond donors (Lipinski definition) is 2. The second kappa shape index (κ2) is 6.14. The zero-order chi connectivity index (χ0) is 14.7. The predicted octanol–water partition coefficient (Wildman–Crippen LogP) is 2.59. The van der Waals surface area contributed by atoms with Crippen LogP contribution >= 0.6 is 0 Å². The molecule has 1 aromatic heterocycles. The highest BCUT2D eigenvalue weighted by Crippen LogP contribution is 2.30. The molecule has 1 atom stereocenters. The fraction of sp³-hybridized carbons (Fsp3) is 0.353. The molecule has 3 N–H and O–H groups in total. The summed E-state index contributed by atoms with van der Waals surface area (Å²) in [5, 5.41) is 3.14. The van der Waals surface area contributed by atoms with Crippen molar-refractivity contribution in [3.63, 3.8) is 0 Å². The van der Waals surface area contributed by atoms with Gasteiger partial charge in [0.05, 0.1) is 12.3 Å². The van der Waals surface area contributed by atoms with E-state index in [1.165, 1.54) is 0 Å². The molecular weight excluding hydrogens is 264 g/mol. The number of carbonyl (C=O) groups is 1. The lowest BCUT2D eigenvalue weighted by molar-refractivity contribution is 0.0931. The Morgan fingerprint density at radius 1 is 1.33 bits per heavy atom. The van der Waals surface area contributed by atoms with Crippen LogP contribution in [0.1, 0.15) is 46.1 Å². The Morgan fingerprint density at radius 3 is 3.05 bits per heavy atom. The number of nitrogens with one attached hydrogen (secondary N) is 1. The van der Waals surface area contributed by atoms with E-state index in [1.807, 2.05) is 30.3 Å². The van der Waals surface area contributed by atoms with Crippen molar-refractivity contribution in [2.45, 2.75) is 31.7 Å². The SMILES string of the molecule is NCCc1ccccc1C(=O)NC1CCCc2occc21. The van der Waals surface area contributed by atoms with Crippen molar-refractivity contribution in [1.29, 1.82) is 0 Å². The van der Waals surface area contributed by atoms with Gasteiger partial charge in [-0.2, -0.15) is 0 Å². The maximum absolute atomic E-state index is 12.6. The Labute approximate surface area is 124 Å². The minimum absolute atomic E-state index is 0.0295. The van der Waals surface area contributed by atoms with Crippen LogP contribution in [0.15, 0.2) is 41.0 Å². The molecule has 21 heavy (non-hydrogen) atoms. The fourth-order valence-electron chi connectivity index (χ4n) is 2.99. The van der Waals surface area contributed by atoms with E-state index in [1.54, 1.807) is 6.26 Å². The summed E-state index contributed by atoms with van der Waals surface area (Å²) in [6.45, 7) is 0.541.